The molecule has 1 aromatic carbocycles. The fourth-order valence-corrected chi connectivity index (χ4v) is 4.29. The second-order valence-electron chi connectivity index (χ2n) is 8.26. The highest BCUT2D eigenvalue weighted by atomic mass is 16.5. The summed E-state index contributed by atoms with van der Waals surface area (Å²) in [5.74, 6) is -0.586. The zero-order valence-electron chi connectivity index (χ0n) is 17.0. The topological polar surface area (TPSA) is 108 Å². The highest BCUT2D eigenvalue weighted by molar-refractivity contribution is 6.05. The third-order valence-corrected chi connectivity index (χ3v) is 5.97. The summed E-state index contributed by atoms with van der Waals surface area (Å²) >= 11 is 0. The quantitative estimate of drug-likeness (QED) is 0.684. The van der Waals surface area contributed by atoms with Gasteiger partial charge in [-0.05, 0) is 43.6 Å². The maximum atomic E-state index is 12.8. The molecule has 3 heterocycles. The number of alkyl carbamates (subject to hydrolysis) is 1. The van der Waals surface area contributed by atoms with Gasteiger partial charge in [0.25, 0.3) is 5.91 Å². The Morgan fingerprint density at radius 1 is 1.27 bits per heavy atom. The molecule has 1 aromatic rings. The third-order valence-electron chi connectivity index (χ3n) is 5.97. The second kappa shape index (κ2) is 8.43. The number of benzene rings is 1. The van der Waals surface area contributed by atoms with Crippen molar-refractivity contribution in [2.75, 3.05) is 26.7 Å². The second-order valence-corrected chi connectivity index (χ2v) is 8.26. The van der Waals surface area contributed by atoms with Crippen LogP contribution in [0.25, 0.3) is 0 Å². The first-order valence-electron chi connectivity index (χ1n) is 10.3. The van der Waals surface area contributed by atoms with Gasteiger partial charge in [0.05, 0.1) is 6.61 Å². The Morgan fingerprint density at radius 2 is 2.10 bits per heavy atom. The summed E-state index contributed by atoms with van der Waals surface area (Å²) in [6.45, 7) is 2.95. The van der Waals surface area contributed by atoms with Crippen LogP contribution >= 0.6 is 0 Å². The molecule has 4 amide bonds. The Morgan fingerprint density at radius 3 is 2.83 bits per heavy atom. The minimum Gasteiger partial charge on any atom is -0.449 e. The minimum absolute atomic E-state index is 0.227. The number of likely N-dealkylation sites (tertiary alicyclic amines) is 1. The van der Waals surface area contributed by atoms with Crippen LogP contribution in [-0.4, -0.2) is 66.4 Å². The van der Waals surface area contributed by atoms with Gasteiger partial charge in [-0.15, -0.1) is 0 Å². The molecule has 2 N–H and O–H groups in total. The van der Waals surface area contributed by atoms with E-state index in [9.17, 15) is 19.2 Å². The smallest absolute Gasteiger partial charge is 0.407 e. The number of fused-ring (bicyclic) bond motifs is 1. The molecule has 4 rings (SSSR count). The van der Waals surface area contributed by atoms with Gasteiger partial charge in [0.2, 0.25) is 11.8 Å². The number of rotatable bonds is 5. The van der Waals surface area contributed by atoms with E-state index in [0.717, 1.165) is 30.6 Å². The average molecular weight is 414 g/mol. The van der Waals surface area contributed by atoms with E-state index in [1.54, 1.807) is 6.07 Å². The highest BCUT2D eigenvalue weighted by Crippen LogP contribution is 2.28. The highest BCUT2D eigenvalue weighted by Gasteiger charge is 2.39. The van der Waals surface area contributed by atoms with E-state index in [1.807, 2.05) is 12.1 Å². The molecule has 0 aromatic heterocycles. The Kier molecular flexibility index (Phi) is 5.72. The zero-order chi connectivity index (χ0) is 21.3. The van der Waals surface area contributed by atoms with Crippen LogP contribution in [0.5, 0.6) is 0 Å². The minimum atomic E-state index is -0.631. The molecule has 160 valence electrons. The Hall–Kier alpha value is -2.94. The number of piperidine rings is 1. The molecule has 0 bridgehead atoms. The first-order valence-corrected chi connectivity index (χ1v) is 10.3. The molecule has 9 nitrogen and oxygen atoms in total. The van der Waals surface area contributed by atoms with Crippen molar-refractivity contribution in [1.82, 2.24) is 20.4 Å². The summed E-state index contributed by atoms with van der Waals surface area (Å²) in [4.78, 5) is 52.0. The molecule has 3 aliphatic heterocycles. The Labute approximate surface area is 174 Å². The third kappa shape index (κ3) is 4.30. The molecule has 2 atom stereocenters. The standard InChI is InChI=1S/C21H26N4O5/c1-24-7-6-14(10-24)12-30-21(29)22-9-13-2-3-15-11-25(20(28)16(15)8-13)17-4-5-18(26)23-19(17)27/h2-3,8,14,17H,4-7,9-12H2,1H3,(H,22,29)(H,23,26,27). The van der Waals surface area contributed by atoms with Crippen molar-refractivity contribution < 1.29 is 23.9 Å². The van der Waals surface area contributed by atoms with Gasteiger partial charge >= 0.3 is 6.09 Å². The van der Waals surface area contributed by atoms with E-state index in [0.29, 0.717) is 31.1 Å². The van der Waals surface area contributed by atoms with E-state index >= 15 is 0 Å². The van der Waals surface area contributed by atoms with Crippen LogP contribution in [0.4, 0.5) is 4.79 Å². The van der Waals surface area contributed by atoms with Gasteiger partial charge in [-0.2, -0.15) is 0 Å². The van der Waals surface area contributed by atoms with E-state index in [4.69, 9.17) is 4.74 Å². The van der Waals surface area contributed by atoms with E-state index < -0.39 is 18.0 Å². The normalized spacial score (nSPS) is 24.0. The van der Waals surface area contributed by atoms with Gasteiger partial charge < -0.3 is 19.9 Å². The molecule has 0 saturated carbocycles. The number of hydrogen-bond acceptors (Lipinski definition) is 6. The van der Waals surface area contributed by atoms with Gasteiger partial charge in [-0.3, -0.25) is 19.7 Å². The number of carbonyl (C=O) groups is 4. The molecule has 2 saturated heterocycles. The van der Waals surface area contributed by atoms with Crippen LogP contribution < -0.4 is 10.6 Å². The molecule has 3 aliphatic rings. The lowest BCUT2D eigenvalue weighted by molar-refractivity contribution is -0.136. The molecule has 0 aliphatic carbocycles. The van der Waals surface area contributed by atoms with Gasteiger partial charge in [-0.1, -0.05) is 12.1 Å². The predicted molar refractivity (Wildman–Crippen MR) is 106 cm³/mol. The Bertz CT molecular complexity index is 886. The monoisotopic (exact) mass is 414 g/mol. The van der Waals surface area contributed by atoms with Crippen LogP contribution in [0.2, 0.25) is 0 Å². The molecular weight excluding hydrogens is 388 g/mol. The zero-order valence-corrected chi connectivity index (χ0v) is 17.0. The molecule has 0 radical (unpaired) electrons. The van der Waals surface area contributed by atoms with Crippen molar-refractivity contribution in [3.63, 3.8) is 0 Å². The van der Waals surface area contributed by atoms with Gasteiger partial charge in [0, 0.05) is 37.5 Å². The molecule has 2 unspecified atom stereocenters. The number of carbonyl (C=O) groups excluding carboxylic acids is 4. The van der Waals surface area contributed by atoms with Crippen molar-refractivity contribution in [2.45, 2.75) is 38.4 Å². The summed E-state index contributed by atoms with van der Waals surface area (Å²) in [5, 5.41) is 5.02. The number of amides is 4. The average Bonchev–Trinajstić information content (AvgIpc) is 3.28. The number of hydrogen-bond donors (Lipinski definition) is 2. The number of nitrogens with zero attached hydrogens (tertiary/aromatic N) is 2. The van der Waals surface area contributed by atoms with E-state index in [2.05, 4.69) is 22.6 Å². The van der Waals surface area contributed by atoms with Gasteiger partial charge in [0.1, 0.15) is 6.04 Å². The summed E-state index contributed by atoms with van der Waals surface area (Å²) in [5.41, 5.74) is 2.15. The van der Waals surface area contributed by atoms with Crippen molar-refractivity contribution in [3.05, 3.63) is 34.9 Å². The van der Waals surface area contributed by atoms with Crippen LogP contribution in [0.1, 0.15) is 40.7 Å². The van der Waals surface area contributed by atoms with Crippen molar-refractivity contribution in [2.24, 2.45) is 5.92 Å². The van der Waals surface area contributed by atoms with Gasteiger partial charge in [-0.25, -0.2) is 4.79 Å². The summed E-state index contributed by atoms with van der Waals surface area (Å²) in [6.07, 6.45) is 1.12. The number of ether oxygens (including phenoxy) is 1. The summed E-state index contributed by atoms with van der Waals surface area (Å²) < 4.78 is 5.30. The first kappa shape index (κ1) is 20.3. The predicted octanol–water partition coefficient (Wildman–Crippen LogP) is 0.626. The first-order chi connectivity index (χ1) is 14.4. The fraction of sp³-hybridized carbons (Fsp3) is 0.524. The lowest BCUT2D eigenvalue weighted by Crippen LogP contribution is -2.52. The van der Waals surface area contributed by atoms with Crippen LogP contribution in [-0.2, 0) is 27.4 Å². The largest absolute Gasteiger partial charge is 0.449 e. The van der Waals surface area contributed by atoms with Crippen LogP contribution in [0.3, 0.4) is 0 Å². The lowest BCUT2D eigenvalue weighted by atomic mass is 10.0. The maximum Gasteiger partial charge on any atom is 0.407 e. The Balaban J connectivity index is 1.31. The van der Waals surface area contributed by atoms with Crippen LogP contribution in [0, 0.1) is 5.92 Å². The lowest BCUT2D eigenvalue weighted by Gasteiger charge is -2.29. The van der Waals surface area contributed by atoms with Crippen molar-refractivity contribution in [1.29, 1.82) is 0 Å². The number of imide groups is 1. The summed E-state index contributed by atoms with van der Waals surface area (Å²) in [6, 6.07) is 4.81. The molecule has 9 heteroatoms. The molecular formula is C21H26N4O5. The maximum absolute atomic E-state index is 12.8. The fourth-order valence-electron chi connectivity index (χ4n) is 4.29. The van der Waals surface area contributed by atoms with Crippen molar-refractivity contribution in [3.8, 4) is 0 Å². The molecule has 2 fully saturated rings. The van der Waals surface area contributed by atoms with E-state index in [1.165, 1.54) is 4.90 Å². The number of nitrogens with one attached hydrogen (secondary N) is 2. The van der Waals surface area contributed by atoms with E-state index in [-0.39, 0.29) is 24.8 Å². The molecule has 30 heavy (non-hydrogen) atoms. The summed E-state index contributed by atoms with van der Waals surface area (Å²) in [7, 11) is 2.05. The van der Waals surface area contributed by atoms with Gasteiger partial charge in [0.15, 0.2) is 0 Å². The SMILES string of the molecule is CN1CCC(COC(=O)NCc2ccc3c(c2)C(=O)N(C2CCC(=O)NC2=O)C3)C1. The van der Waals surface area contributed by atoms with Crippen LogP contribution in [0.15, 0.2) is 18.2 Å². The van der Waals surface area contributed by atoms with Crippen molar-refractivity contribution >= 4 is 23.8 Å². The molecule has 0 spiro atoms.